The van der Waals surface area contributed by atoms with Crippen LogP contribution in [-0.4, -0.2) is 40.5 Å². The summed E-state index contributed by atoms with van der Waals surface area (Å²) in [6, 6.07) is 7.98. The maximum atomic E-state index is 11.4. The number of nitrogens with one attached hydrogen (secondary N) is 1. The van der Waals surface area contributed by atoms with Crippen LogP contribution in [0.25, 0.3) is 0 Å². The number of hydrogen-bond donors (Lipinski definition) is 1. The number of hydrogen-bond acceptors (Lipinski definition) is 4. The van der Waals surface area contributed by atoms with Crippen LogP contribution >= 0.6 is 0 Å². The predicted octanol–water partition coefficient (Wildman–Crippen LogP) is 0.962. The van der Waals surface area contributed by atoms with Crippen LogP contribution in [0.5, 0.6) is 0 Å². The predicted molar refractivity (Wildman–Crippen MR) is 75.8 cm³/mol. The lowest BCUT2D eigenvalue weighted by Gasteiger charge is -2.28. The fourth-order valence-corrected chi connectivity index (χ4v) is 2.53. The summed E-state index contributed by atoms with van der Waals surface area (Å²) in [7, 11) is -3.13. The van der Waals surface area contributed by atoms with Crippen LogP contribution in [0, 0.1) is 0 Å². The highest BCUT2D eigenvalue weighted by Crippen LogP contribution is 2.16. The Balaban J connectivity index is 1.94. The first-order chi connectivity index (χ1) is 9.11. The Hall–Kier alpha value is -1.11. The number of sulfonamides is 1. The third-order valence-electron chi connectivity index (χ3n) is 3.19. The lowest BCUT2D eigenvalue weighted by molar-refractivity contribution is 0.122. The van der Waals surface area contributed by atoms with Crippen molar-refractivity contribution in [2.45, 2.75) is 13.5 Å². The van der Waals surface area contributed by atoms with Gasteiger partial charge in [0.15, 0.2) is 0 Å². The van der Waals surface area contributed by atoms with Gasteiger partial charge >= 0.3 is 0 Å². The van der Waals surface area contributed by atoms with Crippen LogP contribution < -0.4 is 9.62 Å². The zero-order valence-corrected chi connectivity index (χ0v) is 11.9. The number of rotatable bonds is 5. The quantitative estimate of drug-likeness (QED) is 0.875. The molecule has 0 atom stereocenters. The molecule has 19 heavy (non-hydrogen) atoms. The highest BCUT2D eigenvalue weighted by atomic mass is 32.2. The zero-order chi connectivity index (χ0) is 13.7. The van der Waals surface area contributed by atoms with Crippen molar-refractivity contribution in [2.75, 3.05) is 37.0 Å². The SMILES string of the molecule is CCS(=O)(=O)NCc1ccc(N2CCOCC2)cc1. The molecule has 1 aliphatic heterocycles. The summed E-state index contributed by atoms with van der Waals surface area (Å²) in [5.74, 6) is 0.110. The van der Waals surface area contributed by atoms with Crippen molar-refractivity contribution in [3.63, 3.8) is 0 Å². The molecule has 0 aliphatic carbocycles. The van der Waals surface area contributed by atoms with Gasteiger partial charge in [0.25, 0.3) is 0 Å². The van der Waals surface area contributed by atoms with Gasteiger partial charge in [0, 0.05) is 25.3 Å². The normalized spacial score (nSPS) is 16.6. The van der Waals surface area contributed by atoms with Crippen molar-refractivity contribution in [1.29, 1.82) is 0 Å². The van der Waals surface area contributed by atoms with Gasteiger partial charge in [0.2, 0.25) is 10.0 Å². The van der Waals surface area contributed by atoms with Crippen molar-refractivity contribution >= 4 is 15.7 Å². The molecule has 106 valence electrons. The Morgan fingerprint density at radius 1 is 1.21 bits per heavy atom. The van der Waals surface area contributed by atoms with Crippen LogP contribution in [0.2, 0.25) is 0 Å². The van der Waals surface area contributed by atoms with E-state index in [0.717, 1.165) is 37.6 Å². The molecular formula is C13H20N2O3S. The van der Waals surface area contributed by atoms with Gasteiger partial charge in [0.1, 0.15) is 0 Å². The molecule has 0 radical (unpaired) electrons. The highest BCUT2D eigenvalue weighted by molar-refractivity contribution is 7.89. The largest absolute Gasteiger partial charge is 0.378 e. The van der Waals surface area contributed by atoms with Gasteiger partial charge < -0.3 is 9.64 Å². The Morgan fingerprint density at radius 2 is 1.84 bits per heavy atom. The highest BCUT2D eigenvalue weighted by Gasteiger charge is 2.11. The number of anilines is 1. The summed E-state index contributed by atoms with van der Waals surface area (Å²) in [6.07, 6.45) is 0. The second kappa shape index (κ2) is 6.36. The Morgan fingerprint density at radius 3 is 2.42 bits per heavy atom. The minimum absolute atomic E-state index is 0.110. The first-order valence-electron chi connectivity index (χ1n) is 6.50. The third kappa shape index (κ3) is 4.19. The molecule has 0 saturated carbocycles. The van der Waals surface area contributed by atoms with Crippen molar-refractivity contribution in [2.24, 2.45) is 0 Å². The maximum absolute atomic E-state index is 11.4. The van der Waals surface area contributed by atoms with E-state index in [-0.39, 0.29) is 5.75 Å². The summed E-state index contributed by atoms with van der Waals surface area (Å²) in [6.45, 7) is 5.31. The summed E-state index contributed by atoms with van der Waals surface area (Å²) in [5.41, 5.74) is 2.12. The van der Waals surface area contributed by atoms with E-state index in [4.69, 9.17) is 4.74 Å². The summed E-state index contributed by atoms with van der Waals surface area (Å²) >= 11 is 0. The molecule has 1 fully saturated rings. The van der Waals surface area contributed by atoms with Crippen molar-refractivity contribution in [1.82, 2.24) is 4.72 Å². The number of morpholine rings is 1. The molecule has 1 aromatic rings. The second-order valence-electron chi connectivity index (χ2n) is 4.49. The van der Waals surface area contributed by atoms with Gasteiger partial charge in [0.05, 0.1) is 19.0 Å². The van der Waals surface area contributed by atoms with Gasteiger partial charge in [-0.05, 0) is 24.6 Å². The number of nitrogens with zero attached hydrogens (tertiary/aromatic N) is 1. The monoisotopic (exact) mass is 284 g/mol. The lowest BCUT2D eigenvalue weighted by atomic mass is 10.2. The van der Waals surface area contributed by atoms with E-state index in [9.17, 15) is 8.42 Å². The average molecular weight is 284 g/mol. The van der Waals surface area contributed by atoms with Crippen molar-refractivity contribution in [3.8, 4) is 0 Å². The van der Waals surface area contributed by atoms with E-state index >= 15 is 0 Å². The lowest BCUT2D eigenvalue weighted by Crippen LogP contribution is -2.36. The minimum atomic E-state index is -3.13. The molecule has 1 N–H and O–H groups in total. The molecule has 1 aromatic carbocycles. The minimum Gasteiger partial charge on any atom is -0.378 e. The Kier molecular flexibility index (Phi) is 4.79. The topological polar surface area (TPSA) is 58.6 Å². The number of ether oxygens (including phenoxy) is 1. The zero-order valence-electron chi connectivity index (χ0n) is 11.1. The molecule has 1 saturated heterocycles. The van der Waals surface area contributed by atoms with Gasteiger partial charge in [-0.3, -0.25) is 0 Å². The molecule has 1 heterocycles. The molecule has 1 aliphatic rings. The van der Waals surface area contributed by atoms with E-state index in [1.54, 1.807) is 6.92 Å². The third-order valence-corrected chi connectivity index (χ3v) is 4.53. The van der Waals surface area contributed by atoms with Crippen LogP contribution in [-0.2, 0) is 21.3 Å². The van der Waals surface area contributed by atoms with E-state index in [2.05, 4.69) is 9.62 Å². The molecule has 0 amide bonds. The molecule has 0 spiro atoms. The summed E-state index contributed by atoms with van der Waals surface area (Å²) in [4.78, 5) is 2.27. The second-order valence-corrected chi connectivity index (χ2v) is 6.59. The smallest absolute Gasteiger partial charge is 0.211 e. The summed E-state index contributed by atoms with van der Waals surface area (Å²) < 4.78 is 30.6. The molecule has 2 rings (SSSR count). The van der Waals surface area contributed by atoms with E-state index in [0.29, 0.717) is 6.54 Å². The summed E-state index contributed by atoms with van der Waals surface area (Å²) in [5, 5.41) is 0. The van der Waals surface area contributed by atoms with Crippen molar-refractivity contribution < 1.29 is 13.2 Å². The molecule has 5 nitrogen and oxygen atoms in total. The standard InChI is InChI=1S/C13H20N2O3S/c1-2-19(16,17)14-11-12-3-5-13(6-4-12)15-7-9-18-10-8-15/h3-6,14H,2,7-11H2,1H3. The molecule has 0 bridgehead atoms. The van der Waals surface area contributed by atoms with Crippen LogP contribution in [0.4, 0.5) is 5.69 Å². The van der Waals surface area contributed by atoms with Gasteiger partial charge in [-0.2, -0.15) is 0 Å². The van der Waals surface area contributed by atoms with E-state index in [1.807, 2.05) is 24.3 Å². The molecule has 0 aromatic heterocycles. The van der Waals surface area contributed by atoms with Crippen molar-refractivity contribution in [3.05, 3.63) is 29.8 Å². The van der Waals surface area contributed by atoms with Gasteiger partial charge in [-0.1, -0.05) is 12.1 Å². The first kappa shape index (κ1) is 14.3. The molecule has 6 heteroatoms. The first-order valence-corrected chi connectivity index (χ1v) is 8.15. The Bertz CT molecular complexity index is 493. The molecule has 0 unspecified atom stereocenters. The van der Waals surface area contributed by atoms with E-state index in [1.165, 1.54) is 0 Å². The van der Waals surface area contributed by atoms with Crippen LogP contribution in [0.3, 0.4) is 0 Å². The van der Waals surface area contributed by atoms with Gasteiger partial charge in [-0.25, -0.2) is 13.1 Å². The maximum Gasteiger partial charge on any atom is 0.211 e. The number of benzene rings is 1. The van der Waals surface area contributed by atoms with Crippen LogP contribution in [0.1, 0.15) is 12.5 Å². The Labute approximate surface area is 114 Å². The average Bonchev–Trinajstić information content (AvgIpc) is 2.47. The molecular weight excluding hydrogens is 264 g/mol. The van der Waals surface area contributed by atoms with Crippen LogP contribution in [0.15, 0.2) is 24.3 Å². The van der Waals surface area contributed by atoms with E-state index < -0.39 is 10.0 Å². The van der Waals surface area contributed by atoms with Gasteiger partial charge in [-0.15, -0.1) is 0 Å². The fraction of sp³-hybridized carbons (Fsp3) is 0.538. The fourth-order valence-electron chi connectivity index (χ4n) is 1.94.